The van der Waals surface area contributed by atoms with Crippen molar-refractivity contribution in [3.8, 4) is 0 Å². The van der Waals surface area contributed by atoms with Crippen LogP contribution in [0.2, 0.25) is 0 Å². The van der Waals surface area contributed by atoms with Crippen LogP contribution in [0.4, 0.5) is 0 Å². The monoisotopic (exact) mass is 284 g/mol. The van der Waals surface area contributed by atoms with Crippen molar-refractivity contribution in [2.45, 2.75) is 19.4 Å². The molecule has 0 aliphatic carbocycles. The van der Waals surface area contributed by atoms with Crippen LogP contribution in [0.25, 0.3) is 5.65 Å². The van der Waals surface area contributed by atoms with Gasteiger partial charge in [0.2, 0.25) is 0 Å². The Morgan fingerprint density at radius 1 is 1.33 bits per heavy atom. The van der Waals surface area contributed by atoms with Gasteiger partial charge in [0.15, 0.2) is 0 Å². The van der Waals surface area contributed by atoms with Gasteiger partial charge in [0.1, 0.15) is 11.3 Å². The van der Waals surface area contributed by atoms with E-state index in [0.29, 0.717) is 17.7 Å². The topological polar surface area (TPSA) is 40.9 Å². The maximum atomic E-state index is 12.9. The van der Waals surface area contributed by atoms with E-state index < -0.39 is 0 Å². The lowest BCUT2D eigenvalue weighted by atomic mass is 10.1. The van der Waals surface area contributed by atoms with Crippen LogP contribution >= 0.6 is 0 Å². The molecule has 2 aromatic rings. The Bertz CT molecular complexity index is 707. The van der Waals surface area contributed by atoms with Gasteiger partial charge in [0, 0.05) is 31.9 Å². The Morgan fingerprint density at radius 3 is 3.00 bits per heavy atom. The number of nitrogens with zero attached hydrogens (tertiary/aromatic N) is 4. The minimum Gasteiger partial charge on any atom is -0.333 e. The van der Waals surface area contributed by atoms with Crippen molar-refractivity contribution in [3.63, 3.8) is 0 Å². The Labute approximate surface area is 124 Å². The van der Waals surface area contributed by atoms with Gasteiger partial charge in [-0.05, 0) is 38.4 Å². The van der Waals surface area contributed by atoms with Crippen LogP contribution in [-0.2, 0) is 0 Å². The fourth-order valence-corrected chi connectivity index (χ4v) is 3.88. The van der Waals surface area contributed by atoms with Crippen LogP contribution in [0, 0.1) is 12.8 Å². The zero-order chi connectivity index (χ0) is 14.6. The molecule has 2 aromatic heterocycles. The number of carbonyl (C=O) groups is 1. The number of pyridine rings is 1. The van der Waals surface area contributed by atoms with Crippen molar-refractivity contribution in [2.24, 2.45) is 5.92 Å². The average Bonchev–Trinajstić information content (AvgIpc) is 3.11. The summed E-state index contributed by atoms with van der Waals surface area (Å²) in [5, 5.41) is 0. The van der Waals surface area contributed by atoms with Crippen LogP contribution in [0.15, 0.2) is 24.4 Å². The van der Waals surface area contributed by atoms with Crippen LogP contribution in [0.3, 0.4) is 0 Å². The summed E-state index contributed by atoms with van der Waals surface area (Å²) in [6, 6.07) is 6.23. The minimum atomic E-state index is 0.0963. The van der Waals surface area contributed by atoms with Gasteiger partial charge in [-0.1, -0.05) is 6.07 Å². The average molecular weight is 284 g/mol. The number of imidazole rings is 1. The number of amides is 1. The molecule has 0 bridgehead atoms. The minimum absolute atomic E-state index is 0.0963. The third-order valence-corrected chi connectivity index (χ3v) is 4.96. The van der Waals surface area contributed by atoms with E-state index in [1.807, 2.05) is 40.6 Å². The maximum Gasteiger partial charge on any atom is 0.274 e. The maximum absolute atomic E-state index is 12.9. The molecule has 2 saturated heterocycles. The van der Waals surface area contributed by atoms with Crippen LogP contribution in [0.5, 0.6) is 0 Å². The lowest BCUT2D eigenvalue weighted by Gasteiger charge is -2.23. The fourth-order valence-electron chi connectivity index (χ4n) is 3.88. The quantitative estimate of drug-likeness (QED) is 0.795. The highest BCUT2D eigenvalue weighted by molar-refractivity contribution is 5.94. The van der Waals surface area contributed by atoms with Gasteiger partial charge in [0.05, 0.1) is 5.69 Å². The number of fused-ring (bicyclic) bond motifs is 2. The first-order valence-corrected chi connectivity index (χ1v) is 7.58. The molecule has 2 aliphatic heterocycles. The van der Waals surface area contributed by atoms with Crippen molar-refractivity contribution < 1.29 is 4.79 Å². The molecule has 5 nitrogen and oxygen atoms in total. The Hall–Kier alpha value is -1.88. The lowest BCUT2D eigenvalue weighted by molar-refractivity contribution is 0.0723. The third-order valence-electron chi connectivity index (χ3n) is 4.96. The van der Waals surface area contributed by atoms with E-state index in [1.165, 1.54) is 0 Å². The molecule has 1 amide bonds. The predicted molar refractivity (Wildman–Crippen MR) is 80.4 cm³/mol. The largest absolute Gasteiger partial charge is 0.333 e. The van der Waals surface area contributed by atoms with Gasteiger partial charge >= 0.3 is 0 Å². The number of aryl methyl sites for hydroxylation is 1. The number of hydrogen-bond acceptors (Lipinski definition) is 3. The van der Waals surface area contributed by atoms with Crippen LogP contribution in [-0.4, -0.2) is 57.8 Å². The van der Waals surface area contributed by atoms with Gasteiger partial charge in [-0.15, -0.1) is 0 Å². The molecule has 4 rings (SSSR count). The van der Waals surface area contributed by atoms with E-state index in [0.717, 1.165) is 37.4 Å². The second kappa shape index (κ2) is 4.56. The Balaban J connectivity index is 1.69. The van der Waals surface area contributed by atoms with E-state index in [4.69, 9.17) is 0 Å². The zero-order valence-corrected chi connectivity index (χ0v) is 12.5. The fraction of sp³-hybridized carbons (Fsp3) is 0.500. The van der Waals surface area contributed by atoms with Crippen LogP contribution in [0.1, 0.15) is 22.6 Å². The van der Waals surface area contributed by atoms with Crippen molar-refractivity contribution in [1.29, 1.82) is 0 Å². The second-order valence-electron chi connectivity index (χ2n) is 6.31. The summed E-state index contributed by atoms with van der Waals surface area (Å²) in [6.07, 6.45) is 3.08. The highest BCUT2D eigenvalue weighted by atomic mass is 16.2. The molecule has 2 atom stereocenters. The molecule has 0 N–H and O–H groups in total. The molecule has 0 spiro atoms. The highest BCUT2D eigenvalue weighted by Crippen LogP contribution is 2.32. The van der Waals surface area contributed by atoms with Crippen LogP contribution < -0.4 is 0 Å². The van der Waals surface area contributed by atoms with E-state index in [1.54, 1.807) is 0 Å². The van der Waals surface area contributed by atoms with Crippen molar-refractivity contribution >= 4 is 11.6 Å². The Kier molecular flexibility index (Phi) is 2.79. The van der Waals surface area contributed by atoms with E-state index in [9.17, 15) is 4.79 Å². The second-order valence-corrected chi connectivity index (χ2v) is 6.31. The summed E-state index contributed by atoms with van der Waals surface area (Å²) < 4.78 is 1.99. The third kappa shape index (κ3) is 1.87. The van der Waals surface area contributed by atoms with Gasteiger partial charge in [-0.2, -0.15) is 0 Å². The molecule has 110 valence electrons. The summed E-state index contributed by atoms with van der Waals surface area (Å²) in [5.74, 6) is 0.732. The van der Waals surface area contributed by atoms with Gasteiger partial charge < -0.3 is 14.2 Å². The summed E-state index contributed by atoms with van der Waals surface area (Å²) in [7, 11) is 2.14. The van der Waals surface area contributed by atoms with Crippen molar-refractivity contribution in [3.05, 3.63) is 35.8 Å². The summed E-state index contributed by atoms with van der Waals surface area (Å²) in [4.78, 5) is 21.8. The molecule has 4 heterocycles. The molecule has 0 radical (unpaired) electrons. The van der Waals surface area contributed by atoms with E-state index >= 15 is 0 Å². The highest BCUT2D eigenvalue weighted by Gasteiger charge is 2.43. The first-order valence-electron chi connectivity index (χ1n) is 7.58. The Morgan fingerprint density at radius 2 is 2.19 bits per heavy atom. The first kappa shape index (κ1) is 12.8. The van der Waals surface area contributed by atoms with Gasteiger partial charge in [-0.3, -0.25) is 4.79 Å². The lowest BCUT2D eigenvalue weighted by Crippen LogP contribution is -2.39. The number of likely N-dealkylation sites (tertiary alicyclic amines) is 2. The number of carbonyl (C=O) groups excluding carboxylic acids is 1. The van der Waals surface area contributed by atoms with E-state index in [-0.39, 0.29) is 5.91 Å². The molecule has 0 aromatic carbocycles. The van der Waals surface area contributed by atoms with E-state index in [2.05, 4.69) is 16.9 Å². The van der Waals surface area contributed by atoms with Crippen molar-refractivity contribution in [1.82, 2.24) is 19.2 Å². The predicted octanol–water partition coefficient (Wildman–Crippen LogP) is 1.42. The first-order chi connectivity index (χ1) is 10.1. The zero-order valence-electron chi connectivity index (χ0n) is 12.5. The normalized spacial score (nSPS) is 25.7. The molecular formula is C16H20N4O. The number of aromatic nitrogens is 2. The molecule has 2 fully saturated rings. The summed E-state index contributed by atoms with van der Waals surface area (Å²) >= 11 is 0. The smallest absolute Gasteiger partial charge is 0.274 e. The number of rotatable bonds is 1. The summed E-state index contributed by atoms with van der Waals surface area (Å²) in [6.45, 7) is 4.94. The molecule has 5 heteroatoms. The van der Waals surface area contributed by atoms with Gasteiger partial charge in [0.25, 0.3) is 5.91 Å². The van der Waals surface area contributed by atoms with Crippen molar-refractivity contribution in [2.75, 3.05) is 26.7 Å². The molecule has 21 heavy (non-hydrogen) atoms. The standard InChI is InChI=1S/C16H20N4O/c1-11-15(17-14-5-3-4-7-19(11)14)16(21)20-8-6-12-9-18(2)10-13(12)20/h3-5,7,12-13H,6,8-10H2,1-2H3/t12-,13+/m0/s1. The number of hydrogen-bond donors (Lipinski definition) is 0. The molecular weight excluding hydrogens is 264 g/mol. The van der Waals surface area contributed by atoms with Gasteiger partial charge in [-0.25, -0.2) is 4.98 Å². The molecule has 0 saturated carbocycles. The SMILES string of the molecule is Cc1c(C(=O)N2CC[C@H]3CN(C)C[C@H]32)nc2ccccn12. The summed E-state index contributed by atoms with van der Waals surface area (Å²) in [5.41, 5.74) is 2.39. The molecule has 2 aliphatic rings. The number of likely N-dealkylation sites (N-methyl/N-ethyl adjacent to an activating group) is 1. The molecule has 0 unspecified atom stereocenters.